The van der Waals surface area contributed by atoms with E-state index >= 15 is 0 Å². The van der Waals surface area contributed by atoms with Crippen LogP contribution in [0, 0.1) is 5.82 Å². The number of halogens is 2. The fourth-order valence-electron chi connectivity index (χ4n) is 2.81. The van der Waals surface area contributed by atoms with Crippen LogP contribution in [0.4, 0.5) is 4.39 Å². The first-order valence-corrected chi connectivity index (χ1v) is 8.64. The van der Waals surface area contributed by atoms with Gasteiger partial charge in [-0.1, -0.05) is 35.9 Å². The first kappa shape index (κ1) is 17.2. The minimum atomic E-state index is -0.326. The minimum absolute atomic E-state index is 0.171. The van der Waals surface area contributed by atoms with E-state index < -0.39 is 0 Å². The van der Waals surface area contributed by atoms with Crippen molar-refractivity contribution in [3.63, 3.8) is 0 Å². The largest absolute Gasteiger partial charge is 0.488 e. The normalized spacial score (nSPS) is 10.9. The Balaban J connectivity index is 1.74. The number of benzene rings is 3. The van der Waals surface area contributed by atoms with Gasteiger partial charge in [-0.05, 0) is 48.0 Å². The van der Waals surface area contributed by atoms with Crippen molar-refractivity contribution in [3.05, 3.63) is 93.5 Å². The first-order chi connectivity index (χ1) is 13.1. The second-order valence-electron chi connectivity index (χ2n) is 5.99. The van der Waals surface area contributed by atoms with Crippen LogP contribution < -0.4 is 10.3 Å². The molecule has 1 N–H and O–H groups in total. The van der Waals surface area contributed by atoms with Crippen molar-refractivity contribution in [3.8, 4) is 17.1 Å². The average molecular weight is 381 g/mol. The summed E-state index contributed by atoms with van der Waals surface area (Å²) in [6, 6.07) is 18.3. The van der Waals surface area contributed by atoms with Gasteiger partial charge in [0.2, 0.25) is 0 Å². The molecule has 0 spiro atoms. The Bertz CT molecular complexity index is 1190. The third-order valence-electron chi connectivity index (χ3n) is 4.09. The van der Waals surface area contributed by atoms with E-state index in [1.54, 1.807) is 48.5 Å². The molecule has 0 radical (unpaired) electrons. The third kappa shape index (κ3) is 3.68. The number of nitrogens with one attached hydrogen (secondary N) is 1. The average Bonchev–Trinajstić information content (AvgIpc) is 2.67. The molecule has 27 heavy (non-hydrogen) atoms. The summed E-state index contributed by atoms with van der Waals surface area (Å²) in [6.45, 7) is 0.171. The summed E-state index contributed by atoms with van der Waals surface area (Å²) < 4.78 is 19.2. The van der Waals surface area contributed by atoms with Crippen LogP contribution in [0.2, 0.25) is 5.02 Å². The van der Waals surface area contributed by atoms with Gasteiger partial charge in [-0.15, -0.1) is 0 Å². The molecule has 0 saturated carbocycles. The molecule has 0 saturated heterocycles. The Morgan fingerprint density at radius 1 is 1.04 bits per heavy atom. The Morgan fingerprint density at radius 2 is 1.89 bits per heavy atom. The monoisotopic (exact) mass is 380 g/mol. The topological polar surface area (TPSA) is 55.0 Å². The van der Waals surface area contributed by atoms with Crippen LogP contribution in [0.5, 0.6) is 5.75 Å². The number of aromatic nitrogens is 2. The molecule has 1 heterocycles. The number of fused-ring (bicyclic) bond motifs is 1. The summed E-state index contributed by atoms with van der Waals surface area (Å²) in [7, 11) is 0. The molecule has 0 aliphatic rings. The molecule has 0 aliphatic heterocycles. The maximum absolute atomic E-state index is 13.4. The summed E-state index contributed by atoms with van der Waals surface area (Å²) in [4.78, 5) is 19.7. The lowest BCUT2D eigenvalue weighted by Gasteiger charge is -2.12. The number of nitrogens with zero attached hydrogens (tertiary/aromatic N) is 1. The molecule has 134 valence electrons. The van der Waals surface area contributed by atoms with Crippen LogP contribution in [-0.2, 0) is 6.61 Å². The summed E-state index contributed by atoms with van der Waals surface area (Å²) >= 11 is 6.14. The summed E-state index contributed by atoms with van der Waals surface area (Å²) in [5.41, 5.74) is 1.58. The molecule has 4 aromatic rings. The predicted molar refractivity (Wildman–Crippen MR) is 104 cm³/mol. The van der Waals surface area contributed by atoms with Gasteiger partial charge in [0.1, 0.15) is 24.0 Å². The Hall–Kier alpha value is -3.18. The number of rotatable bonds is 4. The van der Waals surface area contributed by atoms with Crippen molar-refractivity contribution in [2.75, 3.05) is 0 Å². The van der Waals surface area contributed by atoms with Gasteiger partial charge >= 0.3 is 0 Å². The SMILES string of the molecule is O=c1[nH]c(-c2cc(Cl)ccc2OCc2cccc(F)c2)nc2ccccc12. The molecule has 0 unspecified atom stereocenters. The summed E-state index contributed by atoms with van der Waals surface area (Å²) in [5.74, 6) is 0.519. The van der Waals surface area contributed by atoms with Crippen LogP contribution in [0.25, 0.3) is 22.3 Å². The molecule has 0 atom stereocenters. The van der Waals surface area contributed by atoms with E-state index in [2.05, 4.69) is 9.97 Å². The van der Waals surface area contributed by atoms with Gasteiger partial charge in [0.25, 0.3) is 5.56 Å². The van der Waals surface area contributed by atoms with Crippen LogP contribution in [0.1, 0.15) is 5.56 Å². The van der Waals surface area contributed by atoms with Gasteiger partial charge in [0, 0.05) is 5.02 Å². The zero-order valence-electron chi connectivity index (χ0n) is 14.1. The van der Waals surface area contributed by atoms with E-state index in [-0.39, 0.29) is 18.0 Å². The molecule has 6 heteroatoms. The molecular formula is C21H14ClFN2O2. The van der Waals surface area contributed by atoms with Crippen LogP contribution in [0.3, 0.4) is 0 Å². The van der Waals surface area contributed by atoms with Crippen molar-refractivity contribution in [2.24, 2.45) is 0 Å². The Kier molecular flexibility index (Phi) is 4.60. The van der Waals surface area contributed by atoms with Gasteiger partial charge in [0.05, 0.1) is 16.5 Å². The smallest absolute Gasteiger partial charge is 0.259 e. The number of H-pyrrole nitrogens is 1. The lowest BCUT2D eigenvalue weighted by Crippen LogP contribution is -2.10. The van der Waals surface area contributed by atoms with E-state index in [0.29, 0.717) is 38.6 Å². The predicted octanol–water partition coefficient (Wildman–Crippen LogP) is 4.96. The third-order valence-corrected chi connectivity index (χ3v) is 4.33. The highest BCUT2D eigenvalue weighted by Crippen LogP contribution is 2.31. The van der Waals surface area contributed by atoms with Gasteiger partial charge in [0.15, 0.2) is 0 Å². The lowest BCUT2D eigenvalue weighted by atomic mass is 10.1. The van der Waals surface area contributed by atoms with E-state index in [0.717, 1.165) is 0 Å². The van der Waals surface area contributed by atoms with Crippen molar-refractivity contribution < 1.29 is 9.13 Å². The van der Waals surface area contributed by atoms with Crippen molar-refractivity contribution in [1.29, 1.82) is 0 Å². The molecule has 4 nitrogen and oxygen atoms in total. The van der Waals surface area contributed by atoms with Gasteiger partial charge in [-0.3, -0.25) is 4.79 Å². The lowest BCUT2D eigenvalue weighted by molar-refractivity contribution is 0.306. The van der Waals surface area contributed by atoms with Crippen molar-refractivity contribution >= 4 is 22.5 Å². The molecule has 0 fully saturated rings. The standard InChI is InChI=1S/C21H14ClFN2O2/c22-14-8-9-19(27-12-13-4-3-5-15(23)10-13)17(11-14)20-24-18-7-2-1-6-16(18)21(26)25-20/h1-11H,12H2,(H,24,25,26). The highest BCUT2D eigenvalue weighted by Gasteiger charge is 2.12. The van der Waals surface area contributed by atoms with Crippen molar-refractivity contribution in [1.82, 2.24) is 9.97 Å². The minimum Gasteiger partial charge on any atom is -0.488 e. The fraction of sp³-hybridized carbons (Fsp3) is 0.0476. The van der Waals surface area contributed by atoms with Crippen LogP contribution in [0.15, 0.2) is 71.5 Å². The van der Waals surface area contributed by atoms with Crippen LogP contribution in [-0.4, -0.2) is 9.97 Å². The summed E-state index contributed by atoms with van der Waals surface area (Å²) in [6.07, 6.45) is 0. The van der Waals surface area contributed by atoms with Gasteiger partial charge in [-0.2, -0.15) is 0 Å². The zero-order valence-corrected chi connectivity index (χ0v) is 14.8. The highest BCUT2D eigenvalue weighted by molar-refractivity contribution is 6.30. The molecule has 4 rings (SSSR count). The van der Waals surface area contributed by atoms with Gasteiger partial charge < -0.3 is 9.72 Å². The maximum Gasteiger partial charge on any atom is 0.259 e. The van der Waals surface area contributed by atoms with E-state index in [9.17, 15) is 9.18 Å². The number of hydrogen-bond acceptors (Lipinski definition) is 3. The molecule has 0 amide bonds. The molecule has 0 aliphatic carbocycles. The number of ether oxygens (including phenoxy) is 1. The number of aromatic amines is 1. The zero-order chi connectivity index (χ0) is 18.8. The van der Waals surface area contributed by atoms with E-state index in [1.807, 2.05) is 6.07 Å². The molecule has 1 aromatic heterocycles. The number of hydrogen-bond donors (Lipinski definition) is 1. The Morgan fingerprint density at radius 3 is 2.74 bits per heavy atom. The van der Waals surface area contributed by atoms with E-state index in [1.165, 1.54) is 12.1 Å². The van der Waals surface area contributed by atoms with Crippen molar-refractivity contribution in [2.45, 2.75) is 6.61 Å². The second kappa shape index (κ2) is 7.21. The Labute approximate surface area is 159 Å². The molecular weight excluding hydrogens is 367 g/mol. The number of para-hydroxylation sites is 1. The molecule has 0 bridgehead atoms. The maximum atomic E-state index is 13.4. The molecule has 3 aromatic carbocycles. The van der Waals surface area contributed by atoms with E-state index in [4.69, 9.17) is 16.3 Å². The van der Waals surface area contributed by atoms with Gasteiger partial charge in [-0.25, -0.2) is 9.37 Å². The van der Waals surface area contributed by atoms with Crippen LogP contribution >= 0.6 is 11.6 Å². The first-order valence-electron chi connectivity index (χ1n) is 8.26. The highest BCUT2D eigenvalue weighted by atomic mass is 35.5. The summed E-state index contributed by atoms with van der Waals surface area (Å²) in [5, 5.41) is 0.990. The fourth-order valence-corrected chi connectivity index (χ4v) is 2.99. The second-order valence-corrected chi connectivity index (χ2v) is 6.43. The quantitative estimate of drug-likeness (QED) is 0.544.